The van der Waals surface area contributed by atoms with Gasteiger partial charge in [-0.25, -0.2) is 4.98 Å². The van der Waals surface area contributed by atoms with Gasteiger partial charge in [0, 0.05) is 31.4 Å². The Morgan fingerprint density at radius 1 is 1.26 bits per heavy atom. The van der Waals surface area contributed by atoms with Gasteiger partial charge in [-0.15, -0.1) is 0 Å². The van der Waals surface area contributed by atoms with Crippen molar-refractivity contribution in [3.05, 3.63) is 35.3 Å². The molecule has 1 aliphatic heterocycles. The molecule has 2 aromatic rings. The summed E-state index contributed by atoms with van der Waals surface area (Å²) in [5.74, 6) is 0.530. The molecule has 0 radical (unpaired) electrons. The second-order valence-electron chi connectivity index (χ2n) is 6.09. The summed E-state index contributed by atoms with van der Waals surface area (Å²) in [6.45, 7) is 6.09. The number of hydrogen-bond acceptors (Lipinski definition) is 4. The molecule has 6 heteroatoms. The Morgan fingerprint density at radius 2 is 2.00 bits per heavy atom. The first-order valence-electron chi connectivity index (χ1n) is 8.04. The van der Waals surface area contributed by atoms with Crippen LogP contribution in [-0.2, 0) is 18.3 Å². The number of amides is 1. The van der Waals surface area contributed by atoms with Crippen LogP contribution in [0.5, 0.6) is 0 Å². The number of pyridine rings is 1. The molecule has 0 spiro atoms. The second-order valence-corrected chi connectivity index (χ2v) is 6.09. The predicted octanol–water partition coefficient (Wildman–Crippen LogP) is 2.21. The number of anilines is 2. The predicted molar refractivity (Wildman–Crippen MR) is 90.7 cm³/mol. The lowest BCUT2D eigenvalue weighted by Crippen LogP contribution is -2.19. The van der Waals surface area contributed by atoms with E-state index in [-0.39, 0.29) is 5.91 Å². The molecule has 2 aromatic heterocycles. The minimum Gasteiger partial charge on any atom is -0.370 e. The lowest BCUT2D eigenvalue weighted by atomic mass is 10.1. The van der Waals surface area contributed by atoms with E-state index >= 15 is 0 Å². The summed E-state index contributed by atoms with van der Waals surface area (Å²) in [6, 6.07) is 3.89. The summed E-state index contributed by atoms with van der Waals surface area (Å²) in [5, 5.41) is 7.21. The highest BCUT2D eigenvalue weighted by molar-refractivity contribution is 5.91. The zero-order valence-electron chi connectivity index (χ0n) is 14.0. The Hall–Kier alpha value is -2.37. The highest BCUT2D eigenvalue weighted by Crippen LogP contribution is 2.20. The van der Waals surface area contributed by atoms with Gasteiger partial charge in [0.2, 0.25) is 5.91 Å². The standard InChI is InChI=1S/C17H23N5O/c1-12-15(13(2)21(3)20-12)10-17(23)19-16-7-6-14(11-18-16)22-8-4-5-9-22/h6-7,11H,4-5,8-10H2,1-3H3,(H,18,19,23). The fourth-order valence-corrected chi connectivity index (χ4v) is 3.04. The van der Waals surface area contributed by atoms with Gasteiger partial charge in [-0.2, -0.15) is 5.10 Å². The van der Waals surface area contributed by atoms with Crippen molar-refractivity contribution in [1.82, 2.24) is 14.8 Å². The van der Waals surface area contributed by atoms with Crippen LogP contribution < -0.4 is 10.2 Å². The van der Waals surface area contributed by atoms with E-state index in [9.17, 15) is 4.79 Å². The van der Waals surface area contributed by atoms with Crippen LogP contribution >= 0.6 is 0 Å². The number of hydrogen-bond donors (Lipinski definition) is 1. The smallest absolute Gasteiger partial charge is 0.230 e. The molecule has 6 nitrogen and oxygen atoms in total. The summed E-state index contributed by atoms with van der Waals surface area (Å²) in [4.78, 5) is 18.9. The van der Waals surface area contributed by atoms with Gasteiger partial charge in [0.1, 0.15) is 5.82 Å². The topological polar surface area (TPSA) is 63.1 Å². The van der Waals surface area contributed by atoms with E-state index in [1.807, 2.05) is 39.2 Å². The van der Waals surface area contributed by atoms with Gasteiger partial charge < -0.3 is 10.2 Å². The number of aryl methyl sites for hydroxylation is 2. The molecule has 1 saturated heterocycles. The summed E-state index contributed by atoms with van der Waals surface area (Å²) in [7, 11) is 1.89. The first kappa shape index (κ1) is 15.5. The third kappa shape index (κ3) is 3.36. The molecule has 0 unspecified atom stereocenters. The van der Waals surface area contributed by atoms with E-state index in [2.05, 4.69) is 20.3 Å². The van der Waals surface area contributed by atoms with E-state index in [0.29, 0.717) is 12.2 Å². The molecule has 0 aliphatic carbocycles. The zero-order valence-corrected chi connectivity index (χ0v) is 14.0. The molecule has 1 N–H and O–H groups in total. The highest BCUT2D eigenvalue weighted by atomic mass is 16.1. The summed E-state index contributed by atoms with van der Waals surface area (Å²) in [6.07, 6.45) is 4.63. The largest absolute Gasteiger partial charge is 0.370 e. The van der Waals surface area contributed by atoms with Crippen LogP contribution in [0, 0.1) is 13.8 Å². The van der Waals surface area contributed by atoms with Crippen LogP contribution in [0.3, 0.4) is 0 Å². The number of rotatable bonds is 4. The van der Waals surface area contributed by atoms with Gasteiger partial charge in [0.25, 0.3) is 0 Å². The fraction of sp³-hybridized carbons (Fsp3) is 0.471. The van der Waals surface area contributed by atoms with Crippen molar-refractivity contribution >= 4 is 17.4 Å². The van der Waals surface area contributed by atoms with Gasteiger partial charge >= 0.3 is 0 Å². The summed E-state index contributed by atoms with van der Waals surface area (Å²) >= 11 is 0. The number of nitrogens with zero attached hydrogens (tertiary/aromatic N) is 4. The first-order chi connectivity index (χ1) is 11.0. The number of carbonyl (C=O) groups is 1. The normalized spacial score (nSPS) is 14.3. The highest BCUT2D eigenvalue weighted by Gasteiger charge is 2.15. The maximum atomic E-state index is 12.2. The van der Waals surface area contributed by atoms with Crippen LogP contribution in [0.4, 0.5) is 11.5 Å². The molecule has 23 heavy (non-hydrogen) atoms. The Labute approximate surface area is 136 Å². The van der Waals surface area contributed by atoms with Crippen molar-refractivity contribution < 1.29 is 4.79 Å². The van der Waals surface area contributed by atoms with Crippen molar-refractivity contribution in [3.63, 3.8) is 0 Å². The number of aromatic nitrogens is 3. The molecular weight excluding hydrogens is 290 g/mol. The second kappa shape index (κ2) is 6.40. The van der Waals surface area contributed by atoms with Gasteiger partial charge in [-0.05, 0) is 38.8 Å². The number of carbonyl (C=O) groups excluding carboxylic acids is 1. The van der Waals surface area contributed by atoms with Crippen molar-refractivity contribution in [2.75, 3.05) is 23.3 Å². The van der Waals surface area contributed by atoms with Gasteiger partial charge in [0.15, 0.2) is 0 Å². The van der Waals surface area contributed by atoms with Gasteiger partial charge in [-0.3, -0.25) is 9.48 Å². The van der Waals surface area contributed by atoms with Crippen LogP contribution in [0.1, 0.15) is 29.8 Å². The Morgan fingerprint density at radius 3 is 2.57 bits per heavy atom. The van der Waals surface area contributed by atoms with Crippen molar-refractivity contribution in [1.29, 1.82) is 0 Å². The third-order valence-corrected chi connectivity index (χ3v) is 4.48. The molecule has 1 aliphatic rings. The van der Waals surface area contributed by atoms with Crippen molar-refractivity contribution in [3.8, 4) is 0 Å². The van der Waals surface area contributed by atoms with Crippen molar-refractivity contribution in [2.24, 2.45) is 7.05 Å². The molecule has 3 heterocycles. The van der Waals surface area contributed by atoms with E-state index in [0.717, 1.165) is 35.7 Å². The summed E-state index contributed by atoms with van der Waals surface area (Å²) in [5.41, 5.74) is 4.03. The molecule has 0 atom stereocenters. The lowest BCUT2D eigenvalue weighted by molar-refractivity contribution is -0.115. The Kier molecular flexibility index (Phi) is 4.32. The maximum Gasteiger partial charge on any atom is 0.230 e. The molecule has 122 valence electrons. The summed E-state index contributed by atoms with van der Waals surface area (Å²) < 4.78 is 1.81. The van der Waals surface area contributed by atoms with E-state index in [4.69, 9.17) is 0 Å². The quantitative estimate of drug-likeness (QED) is 0.940. The molecule has 0 bridgehead atoms. The Bertz CT molecular complexity index is 699. The maximum absolute atomic E-state index is 12.2. The zero-order chi connectivity index (χ0) is 16.4. The molecule has 0 saturated carbocycles. The van der Waals surface area contributed by atoms with E-state index in [1.54, 1.807) is 4.68 Å². The molecular formula is C17H23N5O. The lowest BCUT2D eigenvalue weighted by Gasteiger charge is -2.17. The van der Waals surface area contributed by atoms with Crippen LogP contribution in [-0.4, -0.2) is 33.8 Å². The average Bonchev–Trinajstić information content (AvgIpc) is 3.13. The number of nitrogens with one attached hydrogen (secondary N) is 1. The monoisotopic (exact) mass is 313 g/mol. The molecule has 1 fully saturated rings. The minimum atomic E-state index is -0.0642. The van der Waals surface area contributed by atoms with Crippen molar-refractivity contribution in [2.45, 2.75) is 33.1 Å². The average molecular weight is 313 g/mol. The van der Waals surface area contributed by atoms with E-state index in [1.165, 1.54) is 12.8 Å². The van der Waals surface area contributed by atoms with Crippen LogP contribution in [0.2, 0.25) is 0 Å². The first-order valence-corrected chi connectivity index (χ1v) is 8.04. The molecule has 0 aromatic carbocycles. The van der Waals surface area contributed by atoms with E-state index < -0.39 is 0 Å². The van der Waals surface area contributed by atoms with Gasteiger partial charge in [0.05, 0.1) is 24.0 Å². The SMILES string of the molecule is Cc1nn(C)c(C)c1CC(=O)Nc1ccc(N2CCCC2)cn1. The van der Waals surface area contributed by atoms with Crippen LogP contribution in [0.25, 0.3) is 0 Å². The molecule has 3 rings (SSSR count). The third-order valence-electron chi connectivity index (χ3n) is 4.48. The molecule has 1 amide bonds. The minimum absolute atomic E-state index is 0.0642. The van der Waals surface area contributed by atoms with Crippen LogP contribution in [0.15, 0.2) is 18.3 Å². The Balaban J connectivity index is 1.63. The van der Waals surface area contributed by atoms with Gasteiger partial charge in [-0.1, -0.05) is 0 Å². The fourth-order valence-electron chi connectivity index (χ4n) is 3.04.